The summed E-state index contributed by atoms with van der Waals surface area (Å²) < 4.78 is 12.9. The highest BCUT2D eigenvalue weighted by atomic mass is 19.1. The average molecular weight is 224 g/mol. The smallest absolute Gasteiger partial charge is 0.123 e. The van der Waals surface area contributed by atoms with Crippen LogP contribution in [-0.2, 0) is 0 Å². The van der Waals surface area contributed by atoms with Gasteiger partial charge in [-0.05, 0) is 36.6 Å². The second kappa shape index (κ2) is 6.64. The Morgan fingerprint density at radius 2 is 2.00 bits per heavy atom. The van der Waals surface area contributed by atoms with Crippen LogP contribution in [0.25, 0.3) is 0 Å². The SMILES string of the molecule is CCCCCCC(O)c1ccc(F)cc1C. The van der Waals surface area contributed by atoms with Gasteiger partial charge in [0.1, 0.15) is 5.82 Å². The molecule has 1 atom stereocenters. The van der Waals surface area contributed by atoms with Gasteiger partial charge < -0.3 is 5.11 Å². The first-order valence-corrected chi connectivity index (χ1v) is 6.09. The van der Waals surface area contributed by atoms with Crippen LogP contribution in [0.15, 0.2) is 18.2 Å². The van der Waals surface area contributed by atoms with E-state index in [2.05, 4.69) is 6.92 Å². The first kappa shape index (κ1) is 13.2. The van der Waals surface area contributed by atoms with E-state index < -0.39 is 6.10 Å². The lowest BCUT2D eigenvalue weighted by molar-refractivity contribution is 0.162. The highest BCUT2D eigenvalue weighted by Crippen LogP contribution is 2.23. The van der Waals surface area contributed by atoms with E-state index in [1.165, 1.54) is 25.0 Å². The van der Waals surface area contributed by atoms with Crippen LogP contribution in [0.2, 0.25) is 0 Å². The Bertz CT molecular complexity index is 323. The second-order valence-electron chi connectivity index (χ2n) is 4.37. The Morgan fingerprint density at radius 1 is 1.25 bits per heavy atom. The molecule has 1 aromatic rings. The second-order valence-corrected chi connectivity index (χ2v) is 4.37. The molecule has 0 saturated heterocycles. The number of benzene rings is 1. The maximum Gasteiger partial charge on any atom is 0.123 e. The van der Waals surface area contributed by atoms with Crippen molar-refractivity contribution in [3.63, 3.8) is 0 Å². The van der Waals surface area contributed by atoms with Crippen molar-refractivity contribution >= 4 is 0 Å². The summed E-state index contributed by atoms with van der Waals surface area (Å²) in [6, 6.07) is 4.58. The molecule has 0 spiro atoms. The molecule has 0 aliphatic carbocycles. The number of aliphatic hydroxyl groups excluding tert-OH is 1. The van der Waals surface area contributed by atoms with Crippen LogP contribution >= 0.6 is 0 Å². The summed E-state index contributed by atoms with van der Waals surface area (Å²) in [6.07, 6.45) is 4.94. The van der Waals surface area contributed by atoms with Gasteiger partial charge >= 0.3 is 0 Å². The fourth-order valence-electron chi connectivity index (χ4n) is 1.93. The highest BCUT2D eigenvalue weighted by Gasteiger charge is 2.10. The largest absolute Gasteiger partial charge is 0.388 e. The lowest BCUT2D eigenvalue weighted by Gasteiger charge is -2.13. The molecule has 0 bridgehead atoms. The molecule has 90 valence electrons. The molecule has 0 amide bonds. The van der Waals surface area contributed by atoms with Gasteiger partial charge in [0.15, 0.2) is 0 Å². The van der Waals surface area contributed by atoms with Crippen molar-refractivity contribution in [2.45, 2.75) is 52.1 Å². The summed E-state index contributed by atoms with van der Waals surface area (Å²) in [5.41, 5.74) is 1.70. The highest BCUT2D eigenvalue weighted by molar-refractivity contribution is 5.28. The molecule has 1 rings (SSSR count). The fourth-order valence-corrected chi connectivity index (χ4v) is 1.93. The van der Waals surface area contributed by atoms with Crippen LogP contribution < -0.4 is 0 Å². The van der Waals surface area contributed by atoms with Gasteiger partial charge in [0.25, 0.3) is 0 Å². The van der Waals surface area contributed by atoms with E-state index in [1.807, 2.05) is 6.92 Å². The Morgan fingerprint density at radius 3 is 2.62 bits per heavy atom. The Balaban J connectivity index is 2.49. The van der Waals surface area contributed by atoms with Crippen molar-refractivity contribution in [1.82, 2.24) is 0 Å². The van der Waals surface area contributed by atoms with Crippen LogP contribution in [0, 0.1) is 12.7 Å². The Labute approximate surface area is 97.3 Å². The number of aryl methyl sites for hydroxylation is 1. The number of unbranched alkanes of at least 4 members (excludes halogenated alkanes) is 3. The van der Waals surface area contributed by atoms with Gasteiger partial charge in [0, 0.05) is 0 Å². The maximum atomic E-state index is 12.9. The molecule has 1 N–H and O–H groups in total. The molecule has 2 heteroatoms. The third-order valence-corrected chi connectivity index (χ3v) is 2.92. The quantitative estimate of drug-likeness (QED) is 0.720. The van der Waals surface area contributed by atoms with Gasteiger partial charge in [-0.2, -0.15) is 0 Å². The van der Waals surface area contributed by atoms with Crippen molar-refractivity contribution in [3.8, 4) is 0 Å². The molecule has 0 heterocycles. The predicted molar refractivity (Wildman–Crippen MR) is 64.9 cm³/mol. The van der Waals surface area contributed by atoms with Gasteiger partial charge in [-0.15, -0.1) is 0 Å². The minimum Gasteiger partial charge on any atom is -0.388 e. The molecule has 16 heavy (non-hydrogen) atoms. The Hall–Kier alpha value is -0.890. The molecule has 0 fully saturated rings. The van der Waals surface area contributed by atoms with Crippen molar-refractivity contribution in [3.05, 3.63) is 35.1 Å². The minimum absolute atomic E-state index is 0.237. The van der Waals surface area contributed by atoms with Crippen molar-refractivity contribution in [2.75, 3.05) is 0 Å². The molecule has 0 aliphatic rings. The standard InChI is InChI=1S/C14H21FO/c1-3-4-5-6-7-14(16)13-9-8-12(15)10-11(13)2/h8-10,14,16H,3-7H2,1-2H3. The molecule has 0 aromatic heterocycles. The van der Waals surface area contributed by atoms with Crippen molar-refractivity contribution in [1.29, 1.82) is 0 Å². The Kier molecular flexibility index (Phi) is 5.47. The predicted octanol–water partition coefficient (Wildman–Crippen LogP) is 4.14. The fraction of sp³-hybridized carbons (Fsp3) is 0.571. The number of halogens is 1. The van der Waals surface area contributed by atoms with Crippen LogP contribution in [0.5, 0.6) is 0 Å². The number of hydrogen-bond donors (Lipinski definition) is 1. The van der Waals surface area contributed by atoms with Gasteiger partial charge in [-0.3, -0.25) is 0 Å². The summed E-state index contributed by atoms with van der Waals surface area (Å²) in [7, 11) is 0. The molecular formula is C14H21FO. The number of hydrogen-bond acceptors (Lipinski definition) is 1. The van der Waals surface area contributed by atoms with E-state index in [0.29, 0.717) is 0 Å². The van der Waals surface area contributed by atoms with Crippen molar-refractivity contribution < 1.29 is 9.50 Å². The van der Waals surface area contributed by atoms with E-state index in [1.54, 1.807) is 6.07 Å². The molecule has 1 nitrogen and oxygen atoms in total. The van der Waals surface area contributed by atoms with E-state index in [4.69, 9.17) is 0 Å². The summed E-state index contributed by atoms with van der Waals surface area (Å²) >= 11 is 0. The monoisotopic (exact) mass is 224 g/mol. The summed E-state index contributed by atoms with van der Waals surface area (Å²) in [5.74, 6) is -0.237. The zero-order valence-electron chi connectivity index (χ0n) is 10.2. The van der Waals surface area contributed by atoms with Crippen LogP contribution in [0.1, 0.15) is 56.3 Å². The maximum absolute atomic E-state index is 12.9. The average Bonchev–Trinajstić information content (AvgIpc) is 2.24. The van der Waals surface area contributed by atoms with Gasteiger partial charge in [-0.25, -0.2) is 4.39 Å². The lowest BCUT2D eigenvalue weighted by atomic mass is 9.98. The number of aliphatic hydroxyl groups is 1. The first-order chi connectivity index (χ1) is 7.65. The zero-order chi connectivity index (χ0) is 12.0. The molecule has 1 unspecified atom stereocenters. The van der Waals surface area contributed by atoms with Gasteiger partial charge in [-0.1, -0.05) is 38.7 Å². The van der Waals surface area contributed by atoms with Crippen LogP contribution in [0.4, 0.5) is 4.39 Å². The minimum atomic E-state index is -0.447. The van der Waals surface area contributed by atoms with E-state index in [-0.39, 0.29) is 5.82 Å². The third kappa shape index (κ3) is 3.93. The summed E-state index contributed by atoms with van der Waals surface area (Å²) in [5, 5.41) is 9.97. The van der Waals surface area contributed by atoms with Crippen LogP contribution in [-0.4, -0.2) is 5.11 Å². The molecule has 0 aliphatic heterocycles. The molecule has 0 radical (unpaired) electrons. The molecule has 1 aromatic carbocycles. The first-order valence-electron chi connectivity index (χ1n) is 6.09. The topological polar surface area (TPSA) is 20.2 Å². The van der Waals surface area contributed by atoms with Gasteiger partial charge in [0.2, 0.25) is 0 Å². The van der Waals surface area contributed by atoms with Crippen molar-refractivity contribution in [2.24, 2.45) is 0 Å². The van der Waals surface area contributed by atoms with E-state index in [0.717, 1.165) is 30.4 Å². The van der Waals surface area contributed by atoms with E-state index >= 15 is 0 Å². The van der Waals surface area contributed by atoms with E-state index in [9.17, 15) is 9.50 Å². The third-order valence-electron chi connectivity index (χ3n) is 2.92. The normalized spacial score (nSPS) is 12.8. The lowest BCUT2D eigenvalue weighted by Crippen LogP contribution is -2.00. The zero-order valence-corrected chi connectivity index (χ0v) is 10.2. The van der Waals surface area contributed by atoms with Crippen LogP contribution in [0.3, 0.4) is 0 Å². The molecule has 0 saturated carbocycles. The molecular weight excluding hydrogens is 203 g/mol. The summed E-state index contributed by atoms with van der Waals surface area (Å²) in [6.45, 7) is 4.01. The summed E-state index contributed by atoms with van der Waals surface area (Å²) in [4.78, 5) is 0. The van der Waals surface area contributed by atoms with Gasteiger partial charge in [0.05, 0.1) is 6.10 Å². The number of rotatable bonds is 6.